The fourth-order valence-corrected chi connectivity index (χ4v) is 4.40. The largest absolute Gasteiger partial charge is 0.480 e. The van der Waals surface area contributed by atoms with Gasteiger partial charge in [-0.1, -0.05) is 61.4 Å². The van der Waals surface area contributed by atoms with Gasteiger partial charge in [0.15, 0.2) is 0 Å². The van der Waals surface area contributed by atoms with Gasteiger partial charge in [-0.25, -0.2) is 9.59 Å². The fourth-order valence-electron chi connectivity index (χ4n) is 4.40. The van der Waals surface area contributed by atoms with Gasteiger partial charge in [0.25, 0.3) is 0 Å². The maximum atomic E-state index is 12.7. The number of alkyl halides is 3. The maximum absolute atomic E-state index is 12.7. The van der Waals surface area contributed by atoms with Gasteiger partial charge in [-0.05, 0) is 34.6 Å². The summed E-state index contributed by atoms with van der Waals surface area (Å²) in [6.07, 6.45) is -5.55. The minimum Gasteiger partial charge on any atom is -0.480 e. The van der Waals surface area contributed by atoms with Crippen molar-refractivity contribution in [2.24, 2.45) is 5.92 Å². The molecular weight excluding hydrogens is 465 g/mol. The minimum absolute atomic E-state index is 0.00342. The Balaban J connectivity index is 1.40. The van der Waals surface area contributed by atoms with Crippen LogP contribution in [0.25, 0.3) is 11.1 Å². The second-order valence-corrected chi connectivity index (χ2v) is 8.92. The van der Waals surface area contributed by atoms with E-state index in [2.05, 4.69) is 5.32 Å². The van der Waals surface area contributed by atoms with Crippen LogP contribution in [0.1, 0.15) is 42.7 Å². The summed E-state index contributed by atoms with van der Waals surface area (Å²) in [7, 11) is 0. The molecule has 2 aliphatic rings. The number of amides is 2. The highest BCUT2D eigenvalue weighted by Crippen LogP contribution is 2.44. The number of halogens is 3. The van der Waals surface area contributed by atoms with Gasteiger partial charge in [0.05, 0.1) is 6.42 Å². The van der Waals surface area contributed by atoms with Crippen LogP contribution in [-0.4, -0.2) is 47.9 Å². The Kier molecular flexibility index (Phi) is 7.00. The first-order valence-electron chi connectivity index (χ1n) is 11.3. The van der Waals surface area contributed by atoms with Crippen molar-refractivity contribution in [2.75, 3.05) is 6.61 Å². The van der Waals surface area contributed by atoms with Gasteiger partial charge in [0, 0.05) is 5.92 Å². The van der Waals surface area contributed by atoms with Crippen molar-refractivity contribution >= 4 is 18.0 Å². The molecule has 186 valence electrons. The van der Waals surface area contributed by atoms with Gasteiger partial charge in [0.2, 0.25) is 5.91 Å². The summed E-state index contributed by atoms with van der Waals surface area (Å²) >= 11 is 0. The van der Waals surface area contributed by atoms with Crippen molar-refractivity contribution in [2.45, 2.75) is 49.9 Å². The number of hydrogen-bond acceptors (Lipinski definition) is 4. The number of carbonyl (C=O) groups is 3. The van der Waals surface area contributed by atoms with Crippen molar-refractivity contribution in [1.82, 2.24) is 10.6 Å². The van der Waals surface area contributed by atoms with E-state index >= 15 is 0 Å². The number of carboxylic acids is 1. The molecule has 35 heavy (non-hydrogen) atoms. The van der Waals surface area contributed by atoms with Crippen LogP contribution in [0.3, 0.4) is 0 Å². The fraction of sp³-hybridized carbons (Fsp3) is 0.400. The van der Waals surface area contributed by atoms with Gasteiger partial charge in [-0.15, -0.1) is 0 Å². The van der Waals surface area contributed by atoms with Crippen LogP contribution in [0.2, 0.25) is 0 Å². The number of rotatable bonds is 9. The number of hydrogen-bond donors (Lipinski definition) is 3. The zero-order valence-corrected chi connectivity index (χ0v) is 18.7. The first kappa shape index (κ1) is 24.6. The molecule has 2 aromatic carbocycles. The topological polar surface area (TPSA) is 105 Å². The molecule has 0 aromatic heterocycles. The van der Waals surface area contributed by atoms with Crippen LogP contribution >= 0.6 is 0 Å². The van der Waals surface area contributed by atoms with E-state index in [-0.39, 0.29) is 24.9 Å². The Morgan fingerprint density at radius 3 is 2.03 bits per heavy atom. The Bertz CT molecular complexity index is 1070. The molecule has 2 amide bonds. The first-order valence-corrected chi connectivity index (χ1v) is 11.3. The number of fused-ring (bicyclic) bond motifs is 3. The van der Waals surface area contributed by atoms with Gasteiger partial charge in [-0.2, -0.15) is 13.2 Å². The standard InChI is InChI=1S/C25H25F3N2O5/c26-25(27,28)12-21(23(32)33)29-22(31)20(11-14-9-10-14)30-24(34)35-13-19-17-7-3-1-5-15(17)16-6-2-4-8-18(16)19/h1-8,14,19-21H,9-13H2,(H,29,31)(H,30,34)(H,32,33). The smallest absolute Gasteiger partial charge is 0.407 e. The Labute approximate surface area is 199 Å². The molecule has 2 unspecified atom stereocenters. The van der Waals surface area contributed by atoms with E-state index in [0.717, 1.165) is 35.1 Å². The Hall–Kier alpha value is -3.56. The van der Waals surface area contributed by atoms with E-state index in [4.69, 9.17) is 9.84 Å². The number of carbonyl (C=O) groups excluding carboxylic acids is 2. The number of nitrogens with one attached hydrogen (secondary N) is 2. The zero-order chi connectivity index (χ0) is 25.2. The molecular formula is C25H25F3N2O5. The van der Waals surface area contributed by atoms with Gasteiger partial charge in [-0.3, -0.25) is 4.79 Å². The second-order valence-electron chi connectivity index (χ2n) is 8.92. The lowest BCUT2D eigenvalue weighted by Crippen LogP contribution is -2.52. The first-order chi connectivity index (χ1) is 16.6. The van der Waals surface area contributed by atoms with Crippen molar-refractivity contribution in [3.05, 3.63) is 59.7 Å². The molecule has 2 aliphatic carbocycles. The molecule has 0 heterocycles. The van der Waals surface area contributed by atoms with Crippen LogP contribution in [0, 0.1) is 5.92 Å². The molecule has 2 atom stereocenters. The molecule has 1 fully saturated rings. The van der Waals surface area contributed by atoms with E-state index in [1.807, 2.05) is 53.8 Å². The lowest BCUT2D eigenvalue weighted by Gasteiger charge is -2.22. The third kappa shape index (κ3) is 6.12. The molecule has 3 N–H and O–H groups in total. The summed E-state index contributed by atoms with van der Waals surface area (Å²) in [5.41, 5.74) is 4.11. The highest BCUT2D eigenvalue weighted by molar-refractivity contribution is 5.89. The lowest BCUT2D eigenvalue weighted by molar-refractivity contribution is -0.160. The van der Waals surface area contributed by atoms with Crippen LogP contribution in [0.4, 0.5) is 18.0 Å². The summed E-state index contributed by atoms with van der Waals surface area (Å²) in [6.45, 7) is 0.00342. The number of benzene rings is 2. The average molecular weight is 490 g/mol. The van der Waals surface area contributed by atoms with Crippen molar-refractivity contribution in [1.29, 1.82) is 0 Å². The minimum atomic E-state index is -4.78. The third-order valence-corrected chi connectivity index (χ3v) is 6.27. The van der Waals surface area contributed by atoms with E-state index in [1.54, 1.807) is 0 Å². The Morgan fingerprint density at radius 2 is 1.51 bits per heavy atom. The van der Waals surface area contributed by atoms with Crippen molar-refractivity contribution < 1.29 is 37.4 Å². The Morgan fingerprint density at radius 1 is 0.943 bits per heavy atom. The number of ether oxygens (including phenoxy) is 1. The zero-order valence-electron chi connectivity index (χ0n) is 18.7. The third-order valence-electron chi connectivity index (χ3n) is 6.27. The normalized spacial score (nSPS) is 16.5. The summed E-state index contributed by atoms with van der Waals surface area (Å²) in [5, 5.41) is 13.4. The van der Waals surface area contributed by atoms with E-state index in [0.29, 0.717) is 0 Å². The summed E-state index contributed by atoms with van der Waals surface area (Å²) < 4.78 is 43.5. The van der Waals surface area contributed by atoms with Crippen LogP contribution in [0.5, 0.6) is 0 Å². The predicted molar refractivity (Wildman–Crippen MR) is 120 cm³/mol. The van der Waals surface area contributed by atoms with Crippen molar-refractivity contribution in [3.8, 4) is 11.1 Å². The molecule has 0 aliphatic heterocycles. The molecule has 0 bridgehead atoms. The SMILES string of the molecule is O=C(NC(CC1CC1)C(=O)NC(CC(F)(F)F)C(=O)O)OCC1c2ccccc2-c2ccccc21. The summed E-state index contributed by atoms with van der Waals surface area (Å²) in [4.78, 5) is 36.4. The van der Waals surface area contributed by atoms with Crippen molar-refractivity contribution in [3.63, 3.8) is 0 Å². The van der Waals surface area contributed by atoms with Crippen LogP contribution in [-0.2, 0) is 14.3 Å². The molecule has 10 heteroatoms. The molecule has 0 spiro atoms. The lowest BCUT2D eigenvalue weighted by atomic mass is 9.98. The summed E-state index contributed by atoms with van der Waals surface area (Å²) in [6, 6.07) is 12.2. The van der Waals surface area contributed by atoms with E-state index < -0.39 is 42.7 Å². The van der Waals surface area contributed by atoms with Gasteiger partial charge < -0.3 is 20.5 Å². The number of aliphatic carboxylic acids is 1. The highest BCUT2D eigenvalue weighted by Gasteiger charge is 2.39. The average Bonchev–Trinajstić information content (AvgIpc) is 3.56. The number of carboxylic acid groups (broad SMARTS) is 1. The summed E-state index contributed by atoms with van der Waals surface area (Å²) in [5.74, 6) is -2.86. The highest BCUT2D eigenvalue weighted by atomic mass is 19.4. The maximum Gasteiger partial charge on any atom is 0.407 e. The van der Waals surface area contributed by atoms with E-state index in [1.165, 1.54) is 0 Å². The molecule has 7 nitrogen and oxygen atoms in total. The van der Waals surface area contributed by atoms with Gasteiger partial charge in [0.1, 0.15) is 18.7 Å². The molecule has 1 saturated carbocycles. The molecule has 0 radical (unpaired) electrons. The number of alkyl carbamates (subject to hydrolysis) is 1. The van der Waals surface area contributed by atoms with Crippen LogP contribution in [0.15, 0.2) is 48.5 Å². The van der Waals surface area contributed by atoms with Gasteiger partial charge >= 0.3 is 18.2 Å². The molecule has 4 rings (SSSR count). The quantitative estimate of drug-likeness (QED) is 0.488. The monoisotopic (exact) mass is 490 g/mol. The van der Waals surface area contributed by atoms with E-state index in [9.17, 15) is 27.6 Å². The molecule has 0 saturated heterocycles. The second kappa shape index (κ2) is 9.97. The van der Waals surface area contributed by atoms with Crippen LogP contribution < -0.4 is 10.6 Å². The predicted octanol–water partition coefficient (Wildman–Crippen LogP) is 4.22. The molecule has 2 aromatic rings.